The SMILES string of the molecule is Cc1coc(=O)c2cc(C#Cc3ccccc3)ccc12. The Kier molecular flexibility index (Phi) is 3.10. The zero-order valence-electron chi connectivity index (χ0n) is 11.0. The average molecular weight is 260 g/mol. The van der Waals surface area contributed by atoms with Gasteiger partial charge in [0.2, 0.25) is 0 Å². The van der Waals surface area contributed by atoms with Gasteiger partial charge in [-0.25, -0.2) is 4.79 Å². The monoisotopic (exact) mass is 260 g/mol. The molecule has 0 fully saturated rings. The minimum Gasteiger partial charge on any atom is -0.431 e. The molecule has 0 aliphatic heterocycles. The summed E-state index contributed by atoms with van der Waals surface area (Å²) in [6.45, 7) is 1.92. The van der Waals surface area contributed by atoms with E-state index in [9.17, 15) is 4.79 Å². The number of benzene rings is 2. The molecule has 96 valence electrons. The average Bonchev–Trinajstić information content (AvgIpc) is 2.50. The summed E-state index contributed by atoms with van der Waals surface area (Å²) in [5.41, 5.74) is 2.37. The molecule has 0 saturated heterocycles. The zero-order valence-corrected chi connectivity index (χ0v) is 11.0. The first-order valence-electron chi connectivity index (χ1n) is 6.33. The van der Waals surface area contributed by atoms with E-state index in [4.69, 9.17) is 4.42 Å². The van der Waals surface area contributed by atoms with Gasteiger partial charge in [-0.05, 0) is 42.1 Å². The Balaban J connectivity index is 2.09. The van der Waals surface area contributed by atoms with E-state index in [2.05, 4.69) is 11.8 Å². The first-order valence-corrected chi connectivity index (χ1v) is 6.33. The fourth-order valence-electron chi connectivity index (χ4n) is 2.07. The molecular weight excluding hydrogens is 248 g/mol. The molecule has 0 aliphatic carbocycles. The summed E-state index contributed by atoms with van der Waals surface area (Å²) in [4.78, 5) is 11.7. The Morgan fingerprint density at radius 1 is 0.900 bits per heavy atom. The predicted molar refractivity (Wildman–Crippen MR) is 79.6 cm³/mol. The summed E-state index contributed by atoms with van der Waals surface area (Å²) in [5.74, 6) is 6.15. The van der Waals surface area contributed by atoms with Crippen molar-refractivity contribution in [2.75, 3.05) is 0 Å². The maximum Gasteiger partial charge on any atom is 0.343 e. The van der Waals surface area contributed by atoms with Crippen LogP contribution >= 0.6 is 0 Å². The molecule has 3 aromatic rings. The molecule has 2 heteroatoms. The summed E-state index contributed by atoms with van der Waals surface area (Å²) in [6.07, 6.45) is 1.49. The maximum absolute atomic E-state index is 11.7. The summed E-state index contributed by atoms with van der Waals surface area (Å²) >= 11 is 0. The number of aryl methyl sites for hydroxylation is 1. The van der Waals surface area contributed by atoms with Gasteiger partial charge in [-0.3, -0.25) is 0 Å². The van der Waals surface area contributed by atoms with Gasteiger partial charge >= 0.3 is 5.63 Å². The summed E-state index contributed by atoms with van der Waals surface area (Å²) < 4.78 is 4.99. The van der Waals surface area contributed by atoms with Crippen LogP contribution in [-0.4, -0.2) is 0 Å². The van der Waals surface area contributed by atoms with Gasteiger partial charge in [-0.2, -0.15) is 0 Å². The number of hydrogen-bond donors (Lipinski definition) is 0. The van der Waals surface area contributed by atoms with Crippen LogP contribution in [0.5, 0.6) is 0 Å². The molecule has 0 saturated carbocycles. The number of hydrogen-bond acceptors (Lipinski definition) is 2. The second kappa shape index (κ2) is 5.07. The highest BCUT2D eigenvalue weighted by molar-refractivity contribution is 5.85. The van der Waals surface area contributed by atoms with Crippen molar-refractivity contribution in [3.05, 3.63) is 81.9 Å². The Morgan fingerprint density at radius 2 is 1.65 bits per heavy atom. The lowest BCUT2D eigenvalue weighted by atomic mass is 10.1. The van der Waals surface area contributed by atoms with Crippen molar-refractivity contribution in [3.63, 3.8) is 0 Å². The third-order valence-corrected chi connectivity index (χ3v) is 3.13. The van der Waals surface area contributed by atoms with Gasteiger partial charge in [-0.15, -0.1) is 0 Å². The molecule has 1 heterocycles. The minimum absolute atomic E-state index is 0.325. The van der Waals surface area contributed by atoms with E-state index in [1.165, 1.54) is 6.26 Å². The van der Waals surface area contributed by atoms with E-state index in [1.807, 2.05) is 49.4 Å². The highest BCUT2D eigenvalue weighted by atomic mass is 16.4. The Morgan fingerprint density at radius 3 is 2.45 bits per heavy atom. The van der Waals surface area contributed by atoms with Crippen LogP contribution < -0.4 is 5.63 Å². The highest BCUT2D eigenvalue weighted by Crippen LogP contribution is 2.16. The van der Waals surface area contributed by atoms with Crippen molar-refractivity contribution in [1.82, 2.24) is 0 Å². The molecule has 2 aromatic carbocycles. The fourth-order valence-corrected chi connectivity index (χ4v) is 2.07. The van der Waals surface area contributed by atoms with Gasteiger partial charge in [0.1, 0.15) is 0 Å². The predicted octanol–water partition coefficient (Wildman–Crippen LogP) is 3.50. The first kappa shape index (κ1) is 12.3. The molecule has 0 aliphatic rings. The van der Waals surface area contributed by atoms with Gasteiger partial charge in [0, 0.05) is 11.1 Å². The largest absolute Gasteiger partial charge is 0.431 e. The van der Waals surface area contributed by atoms with E-state index < -0.39 is 0 Å². The lowest BCUT2D eigenvalue weighted by molar-refractivity contribution is 0.516. The van der Waals surface area contributed by atoms with E-state index in [0.29, 0.717) is 5.39 Å². The van der Waals surface area contributed by atoms with Crippen molar-refractivity contribution >= 4 is 10.8 Å². The molecule has 0 unspecified atom stereocenters. The van der Waals surface area contributed by atoms with Crippen LogP contribution in [0.4, 0.5) is 0 Å². The third kappa shape index (κ3) is 2.34. The van der Waals surface area contributed by atoms with E-state index >= 15 is 0 Å². The van der Waals surface area contributed by atoms with E-state index in [-0.39, 0.29) is 5.63 Å². The van der Waals surface area contributed by atoms with Crippen LogP contribution in [-0.2, 0) is 0 Å². The van der Waals surface area contributed by atoms with Crippen LogP contribution in [0.3, 0.4) is 0 Å². The van der Waals surface area contributed by atoms with Crippen LogP contribution in [0.1, 0.15) is 16.7 Å². The quantitative estimate of drug-likeness (QED) is 0.579. The Bertz CT molecular complexity index is 878. The second-order valence-electron chi connectivity index (χ2n) is 4.58. The molecule has 0 radical (unpaired) electrons. The molecule has 20 heavy (non-hydrogen) atoms. The lowest BCUT2D eigenvalue weighted by Crippen LogP contribution is -2.00. The standard InChI is InChI=1S/C18H12O2/c1-13-12-20-18(19)17-11-15(9-10-16(13)17)8-7-14-5-3-2-4-6-14/h2-6,9-12H,1H3. The normalized spacial score (nSPS) is 10.1. The molecule has 3 rings (SSSR count). The van der Waals surface area contributed by atoms with Gasteiger partial charge in [0.05, 0.1) is 11.6 Å². The molecule has 0 atom stereocenters. The molecule has 0 amide bonds. The van der Waals surface area contributed by atoms with Gasteiger partial charge in [0.25, 0.3) is 0 Å². The summed E-state index contributed by atoms with van der Waals surface area (Å²) in [5, 5.41) is 1.48. The molecular formula is C18H12O2. The van der Waals surface area contributed by atoms with Crippen LogP contribution in [0.2, 0.25) is 0 Å². The van der Waals surface area contributed by atoms with Crippen molar-refractivity contribution in [3.8, 4) is 11.8 Å². The zero-order chi connectivity index (χ0) is 13.9. The summed E-state index contributed by atoms with van der Waals surface area (Å²) in [6, 6.07) is 15.4. The van der Waals surface area contributed by atoms with Crippen molar-refractivity contribution < 1.29 is 4.42 Å². The van der Waals surface area contributed by atoms with Gasteiger partial charge < -0.3 is 4.42 Å². The molecule has 0 N–H and O–H groups in total. The first-order chi connectivity index (χ1) is 9.74. The maximum atomic E-state index is 11.7. The van der Waals surface area contributed by atoms with E-state index in [1.54, 1.807) is 6.07 Å². The fraction of sp³-hybridized carbons (Fsp3) is 0.0556. The molecule has 0 bridgehead atoms. The highest BCUT2D eigenvalue weighted by Gasteiger charge is 2.03. The smallest absolute Gasteiger partial charge is 0.343 e. The Labute approximate surface area is 116 Å². The lowest BCUT2D eigenvalue weighted by Gasteiger charge is -2.00. The van der Waals surface area contributed by atoms with Crippen molar-refractivity contribution in [2.24, 2.45) is 0 Å². The van der Waals surface area contributed by atoms with Gasteiger partial charge in [0.15, 0.2) is 0 Å². The second-order valence-corrected chi connectivity index (χ2v) is 4.58. The molecule has 1 aromatic heterocycles. The minimum atomic E-state index is -0.325. The number of fused-ring (bicyclic) bond motifs is 1. The molecule has 2 nitrogen and oxygen atoms in total. The summed E-state index contributed by atoms with van der Waals surface area (Å²) in [7, 11) is 0. The van der Waals surface area contributed by atoms with Crippen LogP contribution in [0.25, 0.3) is 10.8 Å². The Hall–Kier alpha value is -2.79. The topological polar surface area (TPSA) is 30.2 Å². The number of rotatable bonds is 0. The van der Waals surface area contributed by atoms with Crippen LogP contribution in [0.15, 0.2) is 64.0 Å². The van der Waals surface area contributed by atoms with E-state index in [0.717, 1.165) is 22.1 Å². The van der Waals surface area contributed by atoms with Crippen molar-refractivity contribution in [2.45, 2.75) is 6.92 Å². The third-order valence-electron chi connectivity index (χ3n) is 3.13. The van der Waals surface area contributed by atoms with Crippen LogP contribution in [0, 0.1) is 18.8 Å². The van der Waals surface area contributed by atoms with Crippen molar-refractivity contribution in [1.29, 1.82) is 0 Å². The molecule has 0 spiro atoms. The van der Waals surface area contributed by atoms with Gasteiger partial charge in [-0.1, -0.05) is 36.1 Å².